The van der Waals surface area contributed by atoms with Crippen LogP contribution in [0.2, 0.25) is 0 Å². The number of hydrogen-bond acceptors (Lipinski definition) is 4. The lowest BCUT2D eigenvalue weighted by Gasteiger charge is -2.36. The van der Waals surface area contributed by atoms with Crippen molar-refractivity contribution in [1.29, 1.82) is 0 Å². The summed E-state index contributed by atoms with van der Waals surface area (Å²) in [5, 5.41) is 5.92. The summed E-state index contributed by atoms with van der Waals surface area (Å²) in [6.45, 7) is 0.374. The van der Waals surface area contributed by atoms with Gasteiger partial charge in [0.25, 0.3) is 5.91 Å². The van der Waals surface area contributed by atoms with Crippen LogP contribution in [0.5, 0.6) is 5.75 Å². The highest BCUT2D eigenvalue weighted by molar-refractivity contribution is 5.99. The standard InChI is InChI=1S/C22H29N3O4/c1-29-19-10-6-5-9-16(19)20(26)23-15-12-18-21(27)24-17(22(28)25(18)13-15)11-14-7-3-2-4-8-14/h5-6,9-10,14-15,17-18H,2-4,7-8,11-13H2,1H3,(H,23,26)(H,24,27)/t15-,17-,18-/m0/s1. The van der Waals surface area contributed by atoms with Crippen LogP contribution in [0.15, 0.2) is 24.3 Å². The number of hydrogen-bond donors (Lipinski definition) is 2. The highest BCUT2D eigenvalue weighted by Gasteiger charge is 2.47. The maximum Gasteiger partial charge on any atom is 0.255 e. The monoisotopic (exact) mass is 399 g/mol. The van der Waals surface area contributed by atoms with Gasteiger partial charge in [-0.3, -0.25) is 14.4 Å². The van der Waals surface area contributed by atoms with Gasteiger partial charge < -0.3 is 20.3 Å². The average molecular weight is 399 g/mol. The molecule has 7 nitrogen and oxygen atoms in total. The number of nitrogens with one attached hydrogen (secondary N) is 2. The first-order chi connectivity index (χ1) is 14.1. The van der Waals surface area contributed by atoms with Gasteiger partial charge in [-0.15, -0.1) is 0 Å². The molecule has 156 valence electrons. The zero-order chi connectivity index (χ0) is 20.4. The summed E-state index contributed by atoms with van der Waals surface area (Å²) < 4.78 is 5.26. The van der Waals surface area contributed by atoms with E-state index in [1.807, 2.05) is 0 Å². The van der Waals surface area contributed by atoms with E-state index < -0.39 is 12.1 Å². The van der Waals surface area contributed by atoms with E-state index >= 15 is 0 Å². The molecular formula is C22H29N3O4. The molecule has 7 heteroatoms. The van der Waals surface area contributed by atoms with Gasteiger partial charge in [0, 0.05) is 12.6 Å². The van der Waals surface area contributed by atoms with Crippen LogP contribution in [-0.4, -0.2) is 54.4 Å². The number of carbonyl (C=O) groups excluding carboxylic acids is 3. The molecule has 0 radical (unpaired) electrons. The number of para-hydroxylation sites is 1. The Kier molecular flexibility index (Phi) is 5.74. The summed E-state index contributed by atoms with van der Waals surface area (Å²) in [6.07, 6.45) is 7.14. The third-order valence-electron chi connectivity index (χ3n) is 6.48. The number of rotatable bonds is 5. The van der Waals surface area contributed by atoms with E-state index in [0.29, 0.717) is 30.2 Å². The first-order valence-electron chi connectivity index (χ1n) is 10.6. The predicted octanol–water partition coefficient (Wildman–Crippen LogP) is 1.86. The van der Waals surface area contributed by atoms with Crippen molar-refractivity contribution in [2.45, 2.75) is 63.1 Å². The van der Waals surface area contributed by atoms with Crippen molar-refractivity contribution in [3.05, 3.63) is 29.8 Å². The van der Waals surface area contributed by atoms with Crippen molar-refractivity contribution < 1.29 is 19.1 Å². The third-order valence-corrected chi connectivity index (χ3v) is 6.48. The van der Waals surface area contributed by atoms with E-state index in [9.17, 15) is 14.4 Å². The molecule has 3 aliphatic rings. The van der Waals surface area contributed by atoms with Gasteiger partial charge in [-0.1, -0.05) is 44.2 Å². The van der Waals surface area contributed by atoms with Gasteiger partial charge >= 0.3 is 0 Å². The van der Waals surface area contributed by atoms with Crippen LogP contribution in [0.25, 0.3) is 0 Å². The Hall–Kier alpha value is -2.57. The second kappa shape index (κ2) is 8.43. The Bertz CT molecular complexity index is 790. The van der Waals surface area contributed by atoms with Gasteiger partial charge in [-0.25, -0.2) is 0 Å². The van der Waals surface area contributed by atoms with Crippen LogP contribution < -0.4 is 15.4 Å². The SMILES string of the molecule is COc1ccccc1C(=O)N[C@H]1C[C@H]2C(=O)N[C@@H](CC3CCCCC3)C(=O)N2C1. The zero-order valence-electron chi connectivity index (χ0n) is 16.9. The van der Waals surface area contributed by atoms with E-state index in [1.54, 1.807) is 29.2 Å². The lowest BCUT2D eigenvalue weighted by molar-refractivity contribution is -0.147. The van der Waals surface area contributed by atoms with Crippen molar-refractivity contribution in [1.82, 2.24) is 15.5 Å². The number of ether oxygens (including phenoxy) is 1. The van der Waals surface area contributed by atoms with Crippen molar-refractivity contribution in [2.75, 3.05) is 13.7 Å². The molecule has 1 aromatic rings. The smallest absolute Gasteiger partial charge is 0.255 e. The molecule has 0 unspecified atom stereocenters. The van der Waals surface area contributed by atoms with Gasteiger partial charge in [0.1, 0.15) is 17.8 Å². The largest absolute Gasteiger partial charge is 0.496 e. The van der Waals surface area contributed by atoms with E-state index in [4.69, 9.17) is 4.74 Å². The molecule has 1 aliphatic carbocycles. The predicted molar refractivity (Wildman–Crippen MR) is 107 cm³/mol. The number of carbonyl (C=O) groups is 3. The summed E-state index contributed by atoms with van der Waals surface area (Å²) >= 11 is 0. The van der Waals surface area contributed by atoms with Crippen molar-refractivity contribution in [2.24, 2.45) is 5.92 Å². The molecule has 3 fully saturated rings. The minimum Gasteiger partial charge on any atom is -0.496 e. The molecule has 3 amide bonds. The molecule has 4 rings (SSSR count). The van der Waals surface area contributed by atoms with Gasteiger partial charge in [-0.05, 0) is 30.9 Å². The molecule has 1 saturated carbocycles. The van der Waals surface area contributed by atoms with Crippen LogP contribution in [-0.2, 0) is 9.59 Å². The Balaban J connectivity index is 1.40. The van der Waals surface area contributed by atoms with Gasteiger partial charge in [-0.2, -0.15) is 0 Å². The van der Waals surface area contributed by atoms with Crippen LogP contribution >= 0.6 is 0 Å². The molecule has 29 heavy (non-hydrogen) atoms. The minimum absolute atomic E-state index is 0.00536. The number of benzene rings is 1. The van der Waals surface area contributed by atoms with Crippen molar-refractivity contribution in [3.63, 3.8) is 0 Å². The van der Waals surface area contributed by atoms with Crippen molar-refractivity contribution in [3.8, 4) is 5.75 Å². The fraction of sp³-hybridized carbons (Fsp3) is 0.591. The first-order valence-corrected chi connectivity index (χ1v) is 10.6. The summed E-state index contributed by atoms with van der Waals surface area (Å²) in [5.74, 6) is 0.660. The number of amides is 3. The van der Waals surface area contributed by atoms with E-state index in [-0.39, 0.29) is 23.8 Å². The van der Waals surface area contributed by atoms with Gasteiger partial charge in [0.2, 0.25) is 11.8 Å². The summed E-state index contributed by atoms with van der Waals surface area (Å²) in [5.41, 5.74) is 0.450. The van der Waals surface area contributed by atoms with E-state index in [0.717, 1.165) is 19.3 Å². The molecule has 0 spiro atoms. The molecule has 2 saturated heterocycles. The summed E-state index contributed by atoms with van der Waals surface area (Å²) in [7, 11) is 1.53. The van der Waals surface area contributed by atoms with Crippen LogP contribution in [0.1, 0.15) is 55.3 Å². The number of fused-ring (bicyclic) bond motifs is 1. The van der Waals surface area contributed by atoms with E-state index in [2.05, 4.69) is 10.6 Å². The highest BCUT2D eigenvalue weighted by Crippen LogP contribution is 2.30. The number of piperazine rings is 1. The quantitative estimate of drug-likeness (QED) is 0.791. The Morgan fingerprint density at radius 3 is 2.72 bits per heavy atom. The van der Waals surface area contributed by atoms with Gasteiger partial charge in [0.05, 0.1) is 12.7 Å². The second-order valence-electron chi connectivity index (χ2n) is 8.41. The number of methoxy groups -OCH3 is 1. The van der Waals surface area contributed by atoms with Crippen LogP contribution in [0.3, 0.4) is 0 Å². The Labute approximate surface area is 171 Å². The van der Waals surface area contributed by atoms with Crippen molar-refractivity contribution >= 4 is 17.7 Å². The first kappa shape index (κ1) is 19.7. The highest BCUT2D eigenvalue weighted by atomic mass is 16.5. The Morgan fingerprint density at radius 2 is 1.97 bits per heavy atom. The average Bonchev–Trinajstić information content (AvgIpc) is 3.17. The fourth-order valence-electron chi connectivity index (χ4n) is 4.97. The number of nitrogens with zero attached hydrogens (tertiary/aromatic N) is 1. The van der Waals surface area contributed by atoms with Crippen LogP contribution in [0, 0.1) is 5.92 Å². The second-order valence-corrected chi connectivity index (χ2v) is 8.41. The molecule has 1 aromatic carbocycles. The normalized spacial score (nSPS) is 27.3. The summed E-state index contributed by atoms with van der Waals surface area (Å²) in [6, 6.07) is 5.86. The fourth-order valence-corrected chi connectivity index (χ4v) is 4.97. The lowest BCUT2D eigenvalue weighted by atomic mass is 9.84. The molecule has 2 N–H and O–H groups in total. The molecule has 0 aromatic heterocycles. The minimum atomic E-state index is -0.493. The van der Waals surface area contributed by atoms with E-state index in [1.165, 1.54) is 26.4 Å². The zero-order valence-corrected chi connectivity index (χ0v) is 16.9. The van der Waals surface area contributed by atoms with Crippen LogP contribution in [0.4, 0.5) is 0 Å². The molecule has 2 heterocycles. The molecule has 2 aliphatic heterocycles. The third kappa shape index (κ3) is 4.09. The topological polar surface area (TPSA) is 87.7 Å². The Morgan fingerprint density at radius 1 is 1.21 bits per heavy atom. The molecule has 3 atom stereocenters. The summed E-state index contributed by atoms with van der Waals surface area (Å²) in [4.78, 5) is 40.0. The van der Waals surface area contributed by atoms with Gasteiger partial charge in [0.15, 0.2) is 0 Å². The maximum absolute atomic E-state index is 13.0. The lowest BCUT2D eigenvalue weighted by Crippen LogP contribution is -2.61. The molecular weight excluding hydrogens is 370 g/mol. The molecule has 0 bridgehead atoms. The maximum atomic E-state index is 13.0.